The molecule has 0 aliphatic rings. The molecule has 0 spiro atoms. The lowest BCUT2D eigenvalue weighted by Crippen LogP contribution is -2.46. The number of carbonyl (C=O) groups is 2. The monoisotopic (exact) mass is 404 g/mol. The van der Waals surface area contributed by atoms with Crippen LogP contribution in [0.25, 0.3) is 0 Å². The summed E-state index contributed by atoms with van der Waals surface area (Å²) < 4.78 is 0. The van der Waals surface area contributed by atoms with E-state index in [4.69, 9.17) is 11.6 Å². The van der Waals surface area contributed by atoms with E-state index in [0.717, 1.165) is 10.5 Å². The lowest BCUT2D eigenvalue weighted by molar-refractivity contribution is -0.140. The maximum atomic E-state index is 12.8. The van der Waals surface area contributed by atoms with Gasteiger partial charge in [-0.05, 0) is 43.7 Å². The number of thioether (sulfide) groups is 1. The molecule has 6 heteroatoms. The Bertz CT molecular complexity index is 763. The van der Waals surface area contributed by atoms with Crippen molar-refractivity contribution in [3.63, 3.8) is 0 Å². The Kier molecular flexibility index (Phi) is 8.20. The van der Waals surface area contributed by atoms with Crippen LogP contribution < -0.4 is 5.32 Å². The molecule has 0 aromatic heterocycles. The lowest BCUT2D eigenvalue weighted by Gasteiger charge is -2.28. The summed E-state index contributed by atoms with van der Waals surface area (Å²) in [7, 11) is 1.58. The molecular weight excluding hydrogens is 380 g/mol. The van der Waals surface area contributed by atoms with Crippen molar-refractivity contribution in [2.45, 2.75) is 37.8 Å². The number of rotatable bonds is 8. The zero-order valence-electron chi connectivity index (χ0n) is 15.9. The van der Waals surface area contributed by atoms with Crippen LogP contribution in [-0.4, -0.2) is 35.6 Å². The summed E-state index contributed by atoms with van der Waals surface area (Å²) in [6.45, 7) is 4.17. The van der Waals surface area contributed by atoms with Gasteiger partial charge in [-0.25, -0.2) is 0 Å². The van der Waals surface area contributed by atoms with E-state index >= 15 is 0 Å². The molecule has 0 radical (unpaired) electrons. The highest BCUT2D eigenvalue weighted by atomic mass is 35.5. The van der Waals surface area contributed by atoms with Crippen LogP contribution in [0.5, 0.6) is 0 Å². The van der Waals surface area contributed by atoms with Crippen molar-refractivity contribution in [1.82, 2.24) is 10.2 Å². The number of amides is 2. The van der Waals surface area contributed by atoms with Gasteiger partial charge in [0.2, 0.25) is 11.8 Å². The van der Waals surface area contributed by atoms with Crippen LogP contribution in [-0.2, 0) is 16.1 Å². The third-order valence-electron chi connectivity index (χ3n) is 4.29. The van der Waals surface area contributed by atoms with Crippen LogP contribution >= 0.6 is 23.4 Å². The molecule has 2 aromatic carbocycles. The molecule has 1 atom stereocenters. The molecule has 1 N–H and O–H groups in total. The molecule has 0 aliphatic carbocycles. The summed E-state index contributed by atoms with van der Waals surface area (Å²) in [5.41, 5.74) is 2.15. The zero-order valence-corrected chi connectivity index (χ0v) is 17.4. The highest BCUT2D eigenvalue weighted by Crippen LogP contribution is 2.20. The molecule has 27 heavy (non-hydrogen) atoms. The van der Waals surface area contributed by atoms with Gasteiger partial charge in [0, 0.05) is 35.7 Å². The number of benzene rings is 2. The number of hydrogen-bond donors (Lipinski definition) is 1. The minimum Gasteiger partial charge on any atom is -0.357 e. The van der Waals surface area contributed by atoms with Crippen LogP contribution in [0, 0.1) is 6.92 Å². The number of hydrogen-bond acceptors (Lipinski definition) is 3. The van der Waals surface area contributed by atoms with Crippen LogP contribution in [0.4, 0.5) is 0 Å². The van der Waals surface area contributed by atoms with E-state index in [2.05, 4.69) is 29.6 Å². The Balaban J connectivity index is 2.02. The molecule has 0 aliphatic heterocycles. The van der Waals surface area contributed by atoms with Gasteiger partial charge in [0.05, 0.1) is 0 Å². The predicted molar refractivity (Wildman–Crippen MR) is 112 cm³/mol. The fourth-order valence-corrected chi connectivity index (χ4v) is 3.58. The maximum absolute atomic E-state index is 12.8. The van der Waals surface area contributed by atoms with Gasteiger partial charge in [-0.2, -0.15) is 0 Å². The van der Waals surface area contributed by atoms with Crippen LogP contribution in [0.3, 0.4) is 0 Å². The molecule has 144 valence electrons. The second-order valence-electron chi connectivity index (χ2n) is 6.35. The van der Waals surface area contributed by atoms with Crippen molar-refractivity contribution >= 4 is 35.2 Å². The zero-order chi connectivity index (χ0) is 19.8. The van der Waals surface area contributed by atoms with Crippen LogP contribution in [0.1, 0.15) is 24.5 Å². The van der Waals surface area contributed by atoms with Crippen molar-refractivity contribution in [2.75, 3.05) is 12.8 Å². The molecule has 0 saturated carbocycles. The van der Waals surface area contributed by atoms with E-state index in [0.29, 0.717) is 23.7 Å². The normalized spacial score (nSPS) is 11.7. The third kappa shape index (κ3) is 6.60. The van der Waals surface area contributed by atoms with Crippen molar-refractivity contribution in [3.05, 3.63) is 64.7 Å². The molecule has 1 unspecified atom stereocenters. The Morgan fingerprint density at radius 2 is 1.74 bits per heavy atom. The van der Waals surface area contributed by atoms with Gasteiger partial charge < -0.3 is 10.2 Å². The van der Waals surface area contributed by atoms with Gasteiger partial charge in [0.15, 0.2) is 0 Å². The first-order chi connectivity index (χ1) is 12.9. The van der Waals surface area contributed by atoms with E-state index in [1.165, 1.54) is 5.56 Å². The fraction of sp³-hybridized carbons (Fsp3) is 0.333. The van der Waals surface area contributed by atoms with E-state index in [-0.39, 0.29) is 11.8 Å². The second kappa shape index (κ2) is 10.4. The molecule has 2 aromatic rings. The number of nitrogens with zero attached hydrogens (tertiary/aromatic N) is 1. The van der Waals surface area contributed by atoms with Gasteiger partial charge in [-0.15, -0.1) is 11.8 Å². The molecule has 0 saturated heterocycles. The van der Waals surface area contributed by atoms with Crippen molar-refractivity contribution < 1.29 is 9.59 Å². The van der Waals surface area contributed by atoms with E-state index in [9.17, 15) is 9.59 Å². The summed E-state index contributed by atoms with van der Waals surface area (Å²) in [6, 6.07) is 15.0. The number of halogens is 1. The highest BCUT2D eigenvalue weighted by molar-refractivity contribution is 7.99. The van der Waals surface area contributed by atoms with E-state index in [1.54, 1.807) is 42.8 Å². The topological polar surface area (TPSA) is 49.4 Å². The average molecular weight is 405 g/mol. The molecule has 2 rings (SSSR count). The molecule has 4 nitrogen and oxygen atoms in total. The predicted octanol–water partition coefficient (Wildman–Crippen LogP) is 4.29. The summed E-state index contributed by atoms with van der Waals surface area (Å²) in [5.74, 6) is 0.448. The summed E-state index contributed by atoms with van der Waals surface area (Å²) in [6.07, 6.45) is 0.369. The van der Waals surface area contributed by atoms with Crippen molar-refractivity contribution in [3.8, 4) is 0 Å². The largest absolute Gasteiger partial charge is 0.357 e. The lowest BCUT2D eigenvalue weighted by atomic mass is 10.1. The standard InChI is InChI=1S/C21H25ClN2O2S/c1-15-4-10-19(11-5-15)27-13-12-20(25)24(16(2)21(26)23-3)14-17-6-8-18(22)9-7-17/h4-11,16H,12-14H2,1-3H3,(H,23,26). The molecular formula is C21H25ClN2O2S. The first-order valence-electron chi connectivity index (χ1n) is 8.85. The Hall–Kier alpha value is -1.98. The number of carbonyl (C=O) groups excluding carboxylic acids is 2. The molecule has 0 fully saturated rings. The van der Waals surface area contributed by atoms with Crippen molar-refractivity contribution in [2.24, 2.45) is 0 Å². The smallest absolute Gasteiger partial charge is 0.242 e. The molecule has 0 heterocycles. The van der Waals surface area contributed by atoms with Gasteiger partial charge in [0.25, 0.3) is 0 Å². The minimum absolute atomic E-state index is 0.0411. The first kappa shape index (κ1) is 21.3. The Labute approximate surface area is 170 Å². The number of aryl methyl sites for hydroxylation is 1. The summed E-state index contributed by atoms with van der Waals surface area (Å²) in [4.78, 5) is 27.7. The van der Waals surface area contributed by atoms with Crippen LogP contribution in [0.2, 0.25) is 5.02 Å². The van der Waals surface area contributed by atoms with Gasteiger partial charge in [0.1, 0.15) is 6.04 Å². The minimum atomic E-state index is -0.539. The van der Waals surface area contributed by atoms with Crippen molar-refractivity contribution in [1.29, 1.82) is 0 Å². The first-order valence-corrected chi connectivity index (χ1v) is 10.2. The quantitative estimate of drug-likeness (QED) is 0.667. The average Bonchev–Trinajstić information content (AvgIpc) is 2.67. The summed E-state index contributed by atoms with van der Waals surface area (Å²) in [5, 5.41) is 3.27. The van der Waals surface area contributed by atoms with Gasteiger partial charge in [-0.3, -0.25) is 9.59 Å². The SMILES string of the molecule is CNC(=O)C(C)N(Cc1ccc(Cl)cc1)C(=O)CCSc1ccc(C)cc1. The molecule has 0 bridgehead atoms. The highest BCUT2D eigenvalue weighted by Gasteiger charge is 2.25. The second-order valence-corrected chi connectivity index (χ2v) is 7.95. The Morgan fingerprint density at radius 3 is 2.33 bits per heavy atom. The number of nitrogens with one attached hydrogen (secondary N) is 1. The number of likely N-dealkylation sites (N-methyl/N-ethyl adjacent to an activating group) is 1. The fourth-order valence-electron chi connectivity index (χ4n) is 2.61. The van der Waals surface area contributed by atoms with Gasteiger partial charge >= 0.3 is 0 Å². The van der Waals surface area contributed by atoms with E-state index in [1.807, 2.05) is 19.1 Å². The van der Waals surface area contributed by atoms with E-state index < -0.39 is 6.04 Å². The Morgan fingerprint density at radius 1 is 1.11 bits per heavy atom. The third-order valence-corrected chi connectivity index (χ3v) is 5.55. The summed E-state index contributed by atoms with van der Waals surface area (Å²) >= 11 is 7.58. The molecule has 2 amide bonds. The van der Waals surface area contributed by atoms with Crippen LogP contribution in [0.15, 0.2) is 53.4 Å². The maximum Gasteiger partial charge on any atom is 0.242 e. The van der Waals surface area contributed by atoms with Gasteiger partial charge in [-0.1, -0.05) is 41.4 Å².